The standard InChI is InChI=1S/C12H18N4S/c1-8-5-10(13)15-16(8)6-11-14-9(7-17-11)12(2,3)4/h5,7H,6H2,1-4H3,(H2,13,15). The smallest absolute Gasteiger partial charge is 0.145 e. The van der Waals surface area contributed by atoms with E-state index < -0.39 is 0 Å². The molecule has 0 saturated heterocycles. The first-order valence-electron chi connectivity index (χ1n) is 5.61. The molecule has 0 aliphatic heterocycles. The van der Waals surface area contributed by atoms with Crippen molar-refractivity contribution in [3.8, 4) is 0 Å². The highest BCUT2D eigenvalue weighted by Gasteiger charge is 2.17. The van der Waals surface area contributed by atoms with Crippen molar-refractivity contribution in [2.45, 2.75) is 39.7 Å². The molecular formula is C12H18N4S. The number of nitrogens with two attached hydrogens (primary N) is 1. The van der Waals surface area contributed by atoms with Crippen molar-refractivity contribution in [2.24, 2.45) is 0 Å². The highest BCUT2D eigenvalue weighted by molar-refractivity contribution is 7.09. The lowest BCUT2D eigenvalue weighted by Gasteiger charge is -2.14. The Labute approximate surface area is 105 Å². The summed E-state index contributed by atoms with van der Waals surface area (Å²) in [6.07, 6.45) is 0. The zero-order valence-electron chi connectivity index (χ0n) is 10.7. The molecule has 0 bridgehead atoms. The molecule has 0 saturated carbocycles. The van der Waals surface area contributed by atoms with Crippen molar-refractivity contribution in [3.63, 3.8) is 0 Å². The van der Waals surface area contributed by atoms with Crippen LogP contribution in [0.1, 0.15) is 37.2 Å². The minimum Gasteiger partial charge on any atom is -0.382 e. The van der Waals surface area contributed by atoms with Gasteiger partial charge in [0.1, 0.15) is 10.8 Å². The zero-order valence-corrected chi connectivity index (χ0v) is 11.5. The molecule has 0 aromatic carbocycles. The lowest BCUT2D eigenvalue weighted by Crippen LogP contribution is -2.12. The van der Waals surface area contributed by atoms with Crippen LogP contribution >= 0.6 is 11.3 Å². The molecule has 0 fully saturated rings. The van der Waals surface area contributed by atoms with E-state index in [0.29, 0.717) is 12.4 Å². The quantitative estimate of drug-likeness (QED) is 0.891. The van der Waals surface area contributed by atoms with Gasteiger partial charge in [-0.15, -0.1) is 11.3 Å². The van der Waals surface area contributed by atoms with Crippen LogP contribution in [0.15, 0.2) is 11.4 Å². The van der Waals surface area contributed by atoms with Gasteiger partial charge in [0.25, 0.3) is 0 Å². The maximum Gasteiger partial charge on any atom is 0.145 e. The Balaban J connectivity index is 2.20. The van der Waals surface area contributed by atoms with Gasteiger partial charge in [0.15, 0.2) is 0 Å². The lowest BCUT2D eigenvalue weighted by molar-refractivity contribution is 0.567. The molecule has 0 amide bonds. The number of nitrogen functional groups attached to an aromatic ring is 1. The maximum absolute atomic E-state index is 5.66. The zero-order chi connectivity index (χ0) is 12.6. The van der Waals surface area contributed by atoms with E-state index in [-0.39, 0.29) is 5.41 Å². The average Bonchev–Trinajstić information content (AvgIpc) is 2.74. The molecule has 2 aromatic heterocycles. The minimum absolute atomic E-state index is 0.104. The summed E-state index contributed by atoms with van der Waals surface area (Å²) in [7, 11) is 0. The molecule has 2 heterocycles. The van der Waals surface area contributed by atoms with Gasteiger partial charge in [-0.3, -0.25) is 4.68 Å². The number of anilines is 1. The van der Waals surface area contributed by atoms with E-state index in [2.05, 4.69) is 36.2 Å². The van der Waals surface area contributed by atoms with Gasteiger partial charge in [-0.1, -0.05) is 20.8 Å². The van der Waals surface area contributed by atoms with Gasteiger partial charge in [-0.25, -0.2) is 4.98 Å². The van der Waals surface area contributed by atoms with Crippen LogP contribution in [0.4, 0.5) is 5.82 Å². The van der Waals surface area contributed by atoms with Crippen LogP contribution in [0.25, 0.3) is 0 Å². The van der Waals surface area contributed by atoms with E-state index in [0.717, 1.165) is 16.4 Å². The molecule has 2 N–H and O–H groups in total. The van der Waals surface area contributed by atoms with Crippen molar-refractivity contribution >= 4 is 17.2 Å². The molecule has 5 heteroatoms. The van der Waals surface area contributed by atoms with E-state index in [1.807, 2.05) is 17.7 Å². The Bertz CT molecular complexity index is 519. The Morgan fingerprint density at radius 1 is 1.41 bits per heavy atom. The predicted octanol–water partition coefficient (Wildman–Crippen LogP) is 2.58. The normalized spacial score (nSPS) is 12.0. The number of rotatable bonds is 2. The second kappa shape index (κ2) is 4.14. The first-order chi connectivity index (χ1) is 7.86. The van der Waals surface area contributed by atoms with Gasteiger partial charge < -0.3 is 5.73 Å². The Kier molecular flexibility index (Phi) is 2.95. The van der Waals surface area contributed by atoms with E-state index in [1.165, 1.54) is 0 Å². The second-order valence-electron chi connectivity index (χ2n) is 5.24. The van der Waals surface area contributed by atoms with Crippen molar-refractivity contribution in [2.75, 3.05) is 5.73 Å². The fraction of sp³-hybridized carbons (Fsp3) is 0.500. The van der Waals surface area contributed by atoms with E-state index >= 15 is 0 Å². The Morgan fingerprint density at radius 3 is 2.59 bits per heavy atom. The Morgan fingerprint density at radius 2 is 2.12 bits per heavy atom. The van der Waals surface area contributed by atoms with Crippen LogP contribution in [-0.4, -0.2) is 14.8 Å². The number of thiazole rings is 1. The molecule has 0 aliphatic rings. The summed E-state index contributed by atoms with van der Waals surface area (Å²) in [5.41, 5.74) is 7.96. The third-order valence-corrected chi connectivity index (χ3v) is 3.44. The Hall–Kier alpha value is -1.36. The average molecular weight is 250 g/mol. The van der Waals surface area contributed by atoms with Gasteiger partial charge >= 0.3 is 0 Å². The molecule has 17 heavy (non-hydrogen) atoms. The highest BCUT2D eigenvalue weighted by Crippen LogP contribution is 2.24. The van der Waals surface area contributed by atoms with E-state index in [4.69, 9.17) is 5.73 Å². The van der Waals surface area contributed by atoms with Gasteiger partial charge in [-0.2, -0.15) is 5.10 Å². The summed E-state index contributed by atoms with van der Waals surface area (Å²) >= 11 is 1.68. The first kappa shape index (κ1) is 12.1. The summed E-state index contributed by atoms with van der Waals surface area (Å²) in [5.74, 6) is 0.565. The summed E-state index contributed by atoms with van der Waals surface area (Å²) in [4.78, 5) is 4.64. The molecular weight excluding hydrogens is 232 g/mol. The lowest BCUT2D eigenvalue weighted by atomic mass is 9.93. The van der Waals surface area contributed by atoms with Gasteiger partial charge in [0.2, 0.25) is 0 Å². The maximum atomic E-state index is 5.66. The predicted molar refractivity (Wildman–Crippen MR) is 71.3 cm³/mol. The van der Waals surface area contributed by atoms with Crippen LogP contribution in [-0.2, 0) is 12.0 Å². The van der Waals surface area contributed by atoms with E-state index in [1.54, 1.807) is 11.3 Å². The topological polar surface area (TPSA) is 56.7 Å². The SMILES string of the molecule is Cc1cc(N)nn1Cc1nc(C(C)(C)C)cs1. The fourth-order valence-corrected chi connectivity index (χ4v) is 2.55. The van der Waals surface area contributed by atoms with Gasteiger partial charge in [0, 0.05) is 22.6 Å². The van der Waals surface area contributed by atoms with Gasteiger partial charge in [0.05, 0.1) is 12.2 Å². The molecule has 92 valence electrons. The van der Waals surface area contributed by atoms with Crippen LogP contribution in [0, 0.1) is 6.92 Å². The summed E-state index contributed by atoms with van der Waals surface area (Å²) in [5, 5.41) is 7.43. The molecule has 0 aliphatic carbocycles. The van der Waals surface area contributed by atoms with Crippen molar-refractivity contribution < 1.29 is 0 Å². The van der Waals surface area contributed by atoms with Crippen LogP contribution in [0.5, 0.6) is 0 Å². The number of nitrogens with zero attached hydrogens (tertiary/aromatic N) is 3. The molecule has 2 rings (SSSR count). The third-order valence-electron chi connectivity index (χ3n) is 2.61. The fourth-order valence-electron chi connectivity index (χ4n) is 1.55. The van der Waals surface area contributed by atoms with Crippen molar-refractivity contribution in [3.05, 3.63) is 27.8 Å². The van der Waals surface area contributed by atoms with Crippen LogP contribution in [0.3, 0.4) is 0 Å². The minimum atomic E-state index is 0.104. The molecule has 0 spiro atoms. The molecule has 0 unspecified atom stereocenters. The second-order valence-corrected chi connectivity index (χ2v) is 6.19. The van der Waals surface area contributed by atoms with E-state index in [9.17, 15) is 0 Å². The molecule has 2 aromatic rings. The van der Waals surface area contributed by atoms with Crippen molar-refractivity contribution in [1.29, 1.82) is 0 Å². The van der Waals surface area contributed by atoms with Crippen LogP contribution in [0.2, 0.25) is 0 Å². The molecule has 0 atom stereocenters. The highest BCUT2D eigenvalue weighted by atomic mass is 32.1. The molecule has 0 radical (unpaired) electrons. The first-order valence-corrected chi connectivity index (χ1v) is 6.49. The number of hydrogen-bond acceptors (Lipinski definition) is 4. The molecule has 4 nitrogen and oxygen atoms in total. The number of aromatic nitrogens is 3. The summed E-state index contributed by atoms with van der Waals surface area (Å²) in [6, 6.07) is 1.87. The van der Waals surface area contributed by atoms with Gasteiger partial charge in [-0.05, 0) is 6.92 Å². The van der Waals surface area contributed by atoms with Crippen LogP contribution < -0.4 is 5.73 Å². The number of hydrogen-bond donors (Lipinski definition) is 1. The monoisotopic (exact) mass is 250 g/mol. The largest absolute Gasteiger partial charge is 0.382 e. The number of aryl methyl sites for hydroxylation is 1. The summed E-state index contributed by atoms with van der Waals surface area (Å²) in [6.45, 7) is 9.21. The summed E-state index contributed by atoms with van der Waals surface area (Å²) < 4.78 is 1.89. The third kappa shape index (κ3) is 2.66. The van der Waals surface area contributed by atoms with Crippen molar-refractivity contribution in [1.82, 2.24) is 14.8 Å².